The molecule has 9 rings (SSSR count). The van der Waals surface area contributed by atoms with Crippen LogP contribution in [0.2, 0.25) is 10.0 Å². The van der Waals surface area contributed by atoms with E-state index in [9.17, 15) is 18.4 Å². The van der Waals surface area contributed by atoms with E-state index in [1.54, 1.807) is 86.8 Å². The predicted molar refractivity (Wildman–Crippen MR) is 551 cm³/mol. The Kier molecular flexibility index (Phi) is 75.2. The third-order valence-electron chi connectivity index (χ3n) is 11.7. The van der Waals surface area contributed by atoms with Crippen LogP contribution in [0.15, 0.2) is 298 Å². The monoisotopic (exact) mass is 2020 g/mol. The Labute approximate surface area is 802 Å². The van der Waals surface area contributed by atoms with Crippen molar-refractivity contribution in [2.24, 2.45) is 70.3 Å². The molecule has 0 radical (unpaired) electrons. The van der Waals surface area contributed by atoms with Crippen molar-refractivity contribution in [2.75, 3.05) is 13.7 Å². The van der Waals surface area contributed by atoms with Crippen LogP contribution in [0.3, 0.4) is 0 Å². The molecule has 624 valence electrons. The number of nitrogens with zero attached hydrogens (tertiary/aromatic N) is 13. The number of benzene rings is 9. The van der Waals surface area contributed by atoms with E-state index >= 15 is 0 Å². The average molecular weight is 2030 g/mol. The number of halogens is 6. The normalized spacial score (nSPS) is 8.71. The van der Waals surface area contributed by atoms with Crippen LogP contribution in [0.1, 0.15) is 90.2 Å². The summed E-state index contributed by atoms with van der Waals surface area (Å²) < 4.78 is 31.0. The van der Waals surface area contributed by atoms with Crippen molar-refractivity contribution in [1.82, 2.24) is 0 Å². The molecule has 0 saturated carbocycles. The highest BCUT2D eigenvalue weighted by atomic mass is 79.9. The molecule has 0 aromatic heterocycles. The summed E-state index contributed by atoms with van der Waals surface area (Å²) in [5.74, 6) is -0.935. The number of isothiocyanates is 13. The molecule has 0 spiro atoms. The molecule has 0 saturated heterocycles. The van der Waals surface area contributed by atoms with Crippen molar-refractivity contribution in [3.63, 3.8) is 0 Å². The smallest absolute Gasteiger partial charge is 0.442 e. The van der Waals surface area contributed by atoms with Crippen molar-refractivity contribution < 1.29 is 23.1 Å². The van der Waals surface area contributed by atoms with Crippen LogP contribution in [-0.4, -0.2) is 104 Å². The van der Waals surface area contributed by atoms with Gasteiger partial charge in [-0.1, -0.05) is 142 Å². The fraction of sp³-hybridized carbons (Fsp3) is 0.198. The SMILES string of the molecule is CC(C)(C)CC(C)(C)N=C=S.CC(C)(C)N=C=S.CCOC(=O)N=C=S.CN=C=S.Cc1ccc(N=C=S)cc1.Cc1cccc(N=C=S)c1.Fc1ccc(N=C=S)cc1.Fc1cccc(N=C=S)c1.O=C(N=C=S)c1ccccc1.S=C=Nc1ccc(Br)cc1.S=C=Nc1ccc(Cl)cc1.S=C=Nc1cccc(Br)c1.S=C=Nc1cccc(Cl)c1. The third-order valence-corrected chi connectivity index (χ3v) is 14.5. The van der Waals surface area contributed by atoms with Gasteiger partial charge in [-0.25, -0.2) is 28.6 Å². The van der Waals surface area contributed by atoms with Gasteiger partial charge in [0.05, 0.1) is 130 Å². The first-order chi connectivity index (χ1) is 57.5. The van der Waals surface area contributed by atoms with Gasteiger partial charge in [0.25, 0.3) is 5.91 Å². The van der Waals surface area contributed by atoms with E-state index in [2.05, 4.69) is 352 Å². The summed E-state index contributed by atoms with van der Waals surface area (Å²) in [6, 6.07) is 65.3. The van der Waals surface area contributed by atoms with E-state index in [1.165, 1.54) is 47.5 Å². The number of rotatable bonds is 12. The lowest BCUT2D eigenvalue weighted by Crippen LogP contribution is -2.24. The van der Waals surface area contributed by atoms with Crippen LogP contribution in [0.4, 0.5) is 59.1 Å². The number of aliphatic imine (C=N–C) groups is 13. The lowest BCUT2D eigenvalue weighted by atomic mass is 9.82. The van der Waals surface area contributed by atoms with Gasteiger partial charge >= 0.3 is 6.09 Å². The Bertz CT molecular complexity index is 4830. The summed E-state index contributed by atoms with van der Waals surface area (Å²) in [7, 11) is 1.59. The standard InChI is InChI=1S/C9H17NS.C8H5NOS.2C8H7NS.2C7H4BrNS.2C7H4ClNS.2C7H4FNS.C5H9NS.C4H5NO2S.C2H3NS/c1-8(2,3)6-9(4,5)10-7-11;10-8(9-6-11)7-4-2-1-3-5-7;1-7-2-4-8(5-3-7)9-6-10;1-7-3-2-4-8(5-7)9-6-10;8-6-1-3-7(4-2-6)9-5-10;8-6-2-1-3-7(4-6)9-5-10;8-6-1-3-7(4-2-6)9-5-10;8-6-2-1-3-7(4-6)9-5-10;8-6-1-3-7(4-2-6)9-5-10;8-6-2-1-3-7(4-6)9-5-10;1-5(2,3)6-4-7;1-2-7-4(6)5-3-8;1-3-2-4/h6H2,1-5H3;1-5H;2*2-5H,1H3;6*1-4H;1-3H3;2H2,1H3;1H3. The average Bonchev–Trinajstić information content (AvgIpc) is 0.886. The molecule has 9 aromatic rings. The molecule has 35 heteroatoms. The van der Waals surface area contributed by atoms with E-state index < -0.39 is 6.09 Å². The lowest BCUT2D eigenvalue weighted by Gasteiger charge is -2.27. The first kappa shape index (κ1) is 118. The van der Waals surface area contributed by atoms with Gasteiger partial charge in [-0.3, -0.25) is 4.79 Å². The molecule has 9 aromatic carbocycles. The van der Waals surface area contributed by atoms with Crippen molar-refractivity contribution in [2.45, 2.75) is 93.7 Å². The zero-order valence-electron chi connectivity index (χ0n) is 66.9. The summed E-state index contributed by atoms with van der Waals surface area (Å²) in [6.45, 7) is 22.8. The largest absolute Gasteiger partial charge is 0.448 e. The maximum atomic E-state index is 12.4. The van der Waals surface area contributed by atoms with Crippen LogP contribution >= 0.6 is 214 Å². The summed E-state index contributed by atoms with van der Waals surface area (Å²) >= 11 is 74.7. The highest BCUT2D eigenvalue weighted by Crippen LogP contribution is 2.29. The molecule has 0 N–H and O–H groups in total. The first-order valence-corrected chi connectivity index (χ1v) is 41.5. The molecular formula is C86H77Br2Cl2F2N13O3S13. The number of carbonyl (C=O) groups is 2. The van der Waals surface area contributed by atoms with Gasteiger partial charge in [-0.15, -0.1) is 4.99 Å². The van der Waals surface area contributed by atoms with E-state index in [0.717, 1.165) is 49.5 Å². The van der Waals surface area contributed by atoms with Gasteiger partial charge in [0.15, 0.2) is 0 Å². The summed E-state index contributed by atoms with van der Waals surface area (Å²) in [5, 5.41) is 30.3. The Morgan fingerprint density at radius 3 is 1.12 bits per heavy atom. The quantitative estimate of drug-likeness (QED) is 0.0824. The second kappa shape index (κ2) is 77.0. The molecule has 121 heavy (non-hydrogen) atoms. The number of thiocarbonyl (C=S) groups is 13. The van der Waals surface area contributed by atoms with Gasteiger partial charge in [0, 0.05) is 37.7 Å². The van der Waals surface area contributed by atoms with Gasteiger partial charge in [0.1, 0.15) is 11.6 Å². The van der Waals surface area contributed by atoms with E-state index in [-0.39, 0.29) is 28.6 Å². The molecule has 0 bridgehead atoms. The second-order valence-corrected chi connectivity index (χ2v) is 29.5. The van der Waals surface area contributed by atoms with Crippen LogP contribution in [-0.2, 0) is 4.74 Å². The fourth-order valence-corrected chi connectivity index (χ4v) is 9.88. The highest BCUT2D eigenvalue weighted by Gasteiger charge is 2.24. The number of amides is 2. The van der Waals surface area contributed by atoms with Crippen LogP contribution < -0.4 is 0 Å². The van der Waals surface area contributed by atoms with Crippen molar-refractivity contribution >= 4 is 338 Å². The van der Waals surface area contributed by atoms with Gasteiger partial charge in [-0.2, -0.15) is 44.9 Å². The summed E-state index contributed by atoms with van der Waals surface area (Å²) in [5.41, 5.74) is 9.17. The maximum Gasteiger partial charge on any atom is 0.442 e. The zero-order chi connectivity index (χ0) is 92.1. The summed E-state index contributed by atoms with van der Waals surface area (Å²) in [4.78, 5) is 68.6. The second-order valence-electron chi connectivity index (χ2n) is 24.4. The third kappa shape index (κ3) is 76.8. The van der Waals surface area contributed by atoms with E-state index in [1.807, 2.05) is 160 Å². The molecule has 0 aliphatic heterocycles. The molecule has 0 aliphatic rings. The lowest BCUT2D eigenvalue weighted by molar-refractivity contribution is 0.100. The van der Waals surface area contributed by atoms with E-state index in [4.69, 9.17) is 23.2 Å². The molecule has 0 unspecified atom stereocenters. The fourth-order valence-electron chi connectivity index (χ4n) is 7.40. The number of hydrogen-bond acceptors (Lipinski definition) is 27. The first-order valence-electron chi connectivity index (χ1n) is 33.9. The molecular weight excluding hydrogens is 1950 g/mol. The van der Waals surface area contributed by atoms with Crippen molar-refractivity contribution in [1.29, 1.82) is 0 Å². The Balaban J connectivity index is -0.000000615. The highest BCUT2D eigenvalue weighted by molar-refractivity contribution is 9.10. The van der Waals surface area contributed by atoms with Gasteiger partial charge < -0.3 is 4.74 Å². The Morgan fingerprint density at radius 2 is 0.752 bits per heavy atom. The molecule has 0 aliphatic carbocycles. The minimum atomic E-state index is -0.678. The molecule has 0 atom stereocenters. The zero-order valence-corrected chi connectivity index (χ0v) is 82.2. The van der Waals surface area contributed by atoms with Crippen LogP contribution in [0, 0.1) is 30.9 Å². The van der Waals surface area contributed by atoms with Crippen LogP contribution in [0.25, 0.3) is 0 Å². The predicted octanol–water partition coefficient (Wildman–Crippen LogP) is 32.2. The number of ether oxygens (including phenoxy) is 1. The Hall–Kier alpha value is -9.08. The Morgan fingerprint density at radius 1 is 0.372 bits per heavy atom. The maximum absolute atomic E-state index is 12.4. The topological polar surface area (TPSA) is 204 Å². The minimum absolute atomic E-state index is 0.0399. The minimum Gasteiger partial charge on any atom is -0.448 e. The van der Waals surface area contributed by atoms with E-state index in [0.29, 0.717) is 39.0 Å². The molecule has 2 amide bonds. The van der Waals surface area contributed by atoms with Crippen molar-refractivity contribution in [3.05, 3.63) is 272 Å². The van der Waals surface area contributed by atoms with Gasteiger partial charge in [-0.05, 0) is 389 Å². The van der Waals surface area contributed by atoms with Gasteiger partial charge in [0.2, 0.25) is 0 Å². The summed E-state index contributed by atoms with van der Waals surface area (Å²) in [6.07, 6.45) is 0.353. The number of hydrogen-bond donors (Lipinski definition) is 0. The number of aryl methyl sites for hydroxylation is 2. The molecule has 16 nitrogen and oxygen atoms in total. The number of carbonyl (C=O) groups excluding carboxylic acids is 2. The van der Waals surface area contributed by atoms with Crippen molar-refractivity contribution in [3.8, 4) is 0 Å². The van der Waals surface area contributed by atoms with Crippen LogP contribution in [0.5, 0.6) is 0 Å². The molecule has 0 fully saturated rings. The molecule has 0 heterocycles.